The highest BCUT2D eigenvalue weighted by Crippen LogP contribution is 2.26. The number of carbonyl (C=O) groups excluding carboxylic acids is 2. The highest BCUT2D eigenvalue weighted by Gasteiger charge is 2.11. The number of rotatable bonds is 4. The first-order valence-electron chi connectivity index (χ1n) is 7.28. The van der Waals surface area contributed by atoms with Gasteiger partial charge in [-0.05, 0) is 43.2 Å². The SMILES string of the molecule is CC(=O)Nc1ccc(Cl)cc1NC(=O)Cc1cc(C)ccc1C. The third-order valence-corrected chi connectivity index (χ3v) is 3.66. The summed E-state index contributed by atoms with van der Waals surface area (Å²) in [7, 11) is 0. The maximum atomic E-state index is 12.3. The van der Waals surface area contributed by atoms with Crippen molar-refractivity contribution in [2.75, 3.05) is 10.6 Å². The van der Waals surface area contributed by atoms with Gasteiger partial charge in [0.05, 0.1) is 17.8 Å². The molecule has 0 aromatic heterocycles. The number of carbonyl (C=O) groups is 2. The number of halogens is 1. The van der Waals surface area contributed by atoms with Gasteiger partial charge < -0.3 is 10.6 Å². The molecule has 0 spiro atoms. The number of anilines is 2. The molecule has 0 radical (unpaired) electrons. The van der Waals surface area contributed by atoms with E-state index in [-0.39, 0.29) is 18.2 Å². The van der Waals surface area contributed by atoms with Crippen LogP contribution in [0.2, 0.25) is 5.02 Å². The van der Waals surface area contributed by atoms with Crippen molar-refractivity contribution in [3.8, 4) is 0 Å². The first-order valence-corrected chi connectivity index (χ1v) is 7.66. The van der Waals surface area contributed by atoms with E-state index >= 15 is 0 Å². The van der Waals surface area contributed by atoms with Crippen molar-refractivity contribution < 1.29 is 9.59 Å². The van der Waals surface area contributed by atoms with Gasteiger partial charge >= 0.3 is 0 Å². The van der Waals surface area contributed by atoms with Gasteiger partial charge in [0.15, 0.2) is 0 Å². The van der Waals surface area contributed by atoms with E-state index in [1.165, 1.54) is 6.92 Å². The third kappa shape index (κ3) is 4.83. The minimum atomic E-state index is -0.211. The number of hydrogen-bond acceptors (Lipinski definition) is 2. The highest BCUT2D eigenvalue weighted by molar-refractivity contribution is 6.31. The van der Waals surface area contributed by atoms with Crippen LogP contribution in [-0.4, -0.2) is 11.8 Å². The molecule has 0 aliphatic heterocycles. The van der Waals surface area contributed by atoms with Crippen molar-refractivity contribution in [3.05, 3.63) is 58.1 Å². The fourth-order valence-electron chi connectivity index (χ4n) is 2.28. The number of hydrogen-bond donors (Lipinski definition) is 2. The molecule has 0 aliphatic rings. The first kappa shape index (κ1) is 17.0. The van der Waals surface area contributed by atoms with Crippen LogP contribution in [0.25, 0.3) is 0 Å². The van der Waals surface area contributed by atoms with Crippen LogP contribution in [0.5, 0.6) is 0 Å². The van der Waals surface area contributed by atoms with Crippen LogP contribution in [0, 0.1) is 13.8 Å². The Labute approximate surface area is 140 Å². The lowest BCUT2D eigenvalue weighted by molar-refractivity contribution is -0.116. The molecule has 0 heterocycles. The fraction of sp³-hybridized carbons (Fsp3) is 0.222. The van der Waals surface area contributed by atoms with Crippen LogP contribution in [0.15, 0.2) is 36.4 Å². The van der Waals surface area contributed by atoms with Gasteiger partial charge in [-0.3, -0.25) is 9.59 Å². The normalized spacial score (nSPS) is 10.3. The van der Waals surface area contributed by atoms with Crippen molar-refractivity contribution in [1.82, 2.24) is 0 Å². The largest absolute Gasteiger partial charge is 0.325 e. The van der Waals surface area contributed by atoms with Gasteiger partial charge in [0.25, 0.3) is 0 Å². The molecule has 2 amide bonds. The quantitative estimate of drug-likeness (QED) is 0.886. The molecule has 2 aromatic rings. The van der Waals surface area contributed by atoms with Crippen molar-refractivity contribution in [3.63, 3.8) is 0 Å². The molecule has 0 bridgehead atoms. The Morgan fingerprint density at radius 2 is 1.74 bits per heavy atom. The second-order valence-corrected chi connectivity index (χ2v) is 5.96. The monoisotopic (exact) mass is 330 g/mol. The predicted molar refractivity (Wildman–Crippen MR) is 94.0 cm³/mol. The first-order chi connectivity index (χ1) is 10.8. The second kappa shape index (κ2) is 7.29. The molecule has 5 heteroatoms. The zero-order chi connectivity index (χ0) is 17.0. The molecule has 23 heavy (non-hydrogen) atoms. The molecule has 0 unspecified atom stereocenters. The summed E-state index contributed by atoms with van der Waals surface area (Å²) >= 11 is 5.98. The highest BCUT2D eigenvalue weighted by atomic mass is 35.5. The molecular weight excluding hydrogens is 312 g/mol. The smallest absolute Gasteiger partial charge is 0.228 e. The summed E-state index contributed by atoms with van der Waals surface area (Å²) in [6.45, 7) is 5.38. The summed E-state index contributed by atoms with van der Waals surface area (Å²) in [5.74, 6) is -0.370. The Balaban J connectivity index is 2.18. The van der Waals surface area contributed by atoms with Gasteiger partial charge in [-0.25, -0.2) is 0 Å². The minimum Gasteiger partial charge on any atom is -0.325 e. The maximum Gasteiger partial charge on any atom is 0.228 e. The van der Waals surface area contributed by atoms with E-state index in [2.05, 4.69) is 10.6 Å². The lowest BCUT2D eigenvalue weighted by Gasteiger charge is -2.13. The summed E-state index contributed by atoms with van der Waals surface area (Å²) < 4.78 is 0. The average molecular weight is 331 g/mol. The van der Waals surface area contributed by atoms with E-state index in [4.69, 9.17) is 11.6 Å². The lowest BCUT2D eigenvalue weighted by Crippen LogP contribution is -2.17. The summed E-state index contributed by atoms with van der Waals surface area (Å²) in [5.41, 5.74) is 4.17. The standard InChI is InChI=1S/C18H19ClN2O2/c1-11-4-5-12(2)14(8-11)9-18(23)21-17-10-15(19)6-7-16(17)20-13(3)22/h4-8,10H,9H2,1-3H3,(H,20,22)(H,21,23). The van der Waals surface area contributed by atoms with Crippen LogP contribution < -0.4 is 10.6 Å². The summed E-state index contributed by atoms with van der Waals surface area (Å²) in [6.07, 6.45) is 0.263. The van der Waals surface area contributed by atoms with E-state index < -0.39 is 0 Å². The molecule has 120 valence electrons. The average Bonchev–Trinajstić information content (AvgIpc) is 2.45. The number of amides is 2. The van der Waals surface area contributed by atoms with Gasteiger partial charge in [0, 0.05) is 11.9 Å². The van der Waals surface area contributed by atoms with Crippen molar-refractivity contribution >= 4 is 34.8 Å². The van der Waals surface area contributed by atoms with Crippen molar-refractivity contribution in [1.29, 1.82) is 0 Å². The van der Waals surface area contributed by atoms with Crippen LogP contribution in [0.3, 0.4) is 0 Å². The third-order valence-electron chi connectivity index (χ3n) is 3.42. The van der Waals surface area contributed by atoms with Crippen LogP contribution in [-0.2, 0) is 16.0 Å². The van der Waals surface area contributed by atoms with Gasteiger partial charge in [-0.15, -0.1) is 0 Å². The number of nitrogens with one attached hydrogen (secondary N) is 2. The zero-order valence-electron chi connectivity index (χ0n) is 13.4. The zero-order valence-corrected chi connectivity index (χ0v) is 14.1. The van der Waals surface area contributed by atoms with E-state index in [1.54, 1.807) is 18.2 Å². The Hall–Kier alpha value is -2.33. The van der Waals surface area contributed by atoms with Gasteiger partial charge in [-0.1, -0.05) is 35.4 Å². The summed E-state index contributed by atoms with van der Waals surface area (Å²) in [6, 6.07) is 11.0. The van der Waals surface area contributed by atoms with Crippen LogP contribution >= 0.6 is 11.6 Å². The Morgan fingerprint density at radius 3 is 2.43 bits per heavy atom. The summed E-state index contributed by atoms with van der Waals surface area (Å²) in [4.78, 5) is 23.6. The van der Waals surface area contributed by atoms with Crippen LogP contribution in [0.1, 0.15) is 23.6 Å². The fourth-order valence-corrected chi connectivity index (χ4v) is 2.45. The molecular formula is C18H19ClN2O2. The van der Waals surface area contributed by atoms with Crippen LogP contribution in [0.4, 0.5) is 11.4 Å². The van der Waals surface area contributed by atoms with E-state index in [0.29, 0.717) is 16.4 Å². The summed E-state index contributed by atoms with van der Waals surface area (Å²) in [5, 5.41) is 5.98. The lowest BCUT2D eigenvalue weighted by atomic mass is 10.0. The molecule has 2 aromatic carbocycles. The Bertz CT molecular complexity index is 757. The molecule has 2 N–H and O–H groups in total. The topological polar surface area (TPSA) is 58.2 Å². The van der Waals surface area contributed by atoms with Gasteiger partial charge in [0.2, 0.25) is 11.8 Å². The van der Waals surface area contributed by atoms with Gasteiger partial charge in [0.1, 0.15) is 0 Å². The second-order valence-electron chi connectivity index (χ2n) is 5.53. The molecule has 0 saturated heterocycles. The van der Waals surface area contributed by atoms with E-state index in [9.17, 15) is 9.59 Å². The van der Waals surface area contributed by atoms with E-state index in [0.717, 1.165) is 16.7 Å². The van der Waals surface area contributed by atoms with Crippen molar-refractivity contribution in [2.45, 2.75) is 27.2 Å². The molecule has 0 saturated carbocycles. The Morgan fingerprint density at radius 1 is 1.00 bits per heavy atom. The molecule has 0 aliphatic carbocycles. The molecule has 2 rings (SSSR count). The molecule has 0 fully saturated rings. The minimum absolute atomic E-state index is 0.160. The molecule has 4 nitrogen and oxygen atoms in total. The Kier molecular flexibility index (Phi) is 5.40. The van der Waals surface area contributed by atoms with Gasteiger partial charge in [-0.2, -0.15) is 0 Å². The predicted octanol–water partition coefficient (Wildman–Crippen LogP) is 4.10. The number of aryl methyl sites for hydroxylation is 2. The van der Waals surface area contributed by atoms with E-state index in [1.807, 2.05) is 32.0 Å². The maximum absolute atomic E-state index is 12.3. The molecule has 0 atom stereocenters. The number of benzene rings is 2. The van der Waals surface area contributed by atoms with Crippen molar-refractivity contribution in [2.24, 2.45) is 0 Å².